The van der Waals surface area contributed by atoms with E-state index in [-0.39, 0.29) is 17.6 Å². The number of hydrogen-bond donors (Lipinski definition) is 1. The van der Waals surface area contributed by atoms with Crippen LogP contribution in [0.25, 0.3) is 0 Å². The molecule has 1 aliphatic rings. The van der Waals surface area contributed by atoms with Crippen LogP contribution in [0.4, 0.5) is 5.82 Å². The fourth-order valence-electron chi connectivity index (χ4n) is 2.43. The topological polar surface area (TPSA) is 67.3 Å². The summed E-state index contributed by atoms with van der Waals surface area (Å²) < 4.78 is 5.57. The minimum atomic E-state index is -0.216. The lowest BCUT2D eigenvalue weighted by Gasteiger charge is -2.45. The maximum absolute atomic E-state index is 12.2. The Morgan fingerprint density at radius 1 is 1.40 bits per heavy atom. The molecule has 1 N–H and O–H groups in total. The third-order valence-corrected chi connectivity index (χ3v) is 4.08. The van der Waals surface area contributed by atoms with Gasteiger partial charge in [0.2, 0.25) is 0 Å². The monoisotopic (exact) mass is 278 g/mol. The Morgan fingerprint density at radius 3 is 2.50 bits per heavy atom. The van der Waals surface area contributed by atoms with Crippen molar-refractivity contribution in [3.63, 3.8) is 0 Å². The molecule has 1 fully saturated rings. The van der Waals surface area contributed by atoms with E-state index in [1.54, 1.807) is 19.2 Å². The number of aromatic nitrogens is 2. The predicted molar refractivity (Wildman–Crippen MR) is 76.9 cm³/mol. The first-order valence-electron chi connectivity index (χ1n) is 6.85. The van der Waals surface area contributed by atoms with E-state index in [1.807, 2.05) is 25.9 Å². The number of nitrogens with zero attached hydrogens (tertiary/aromatic N) is 3. The molecular formula is C14H22N4O2. The van der Waals surface area contributed by atoms with Crippen molar-refractivity contribution in [2.75, 3.05) is 26.1 Å². The number of methoxy groups -OCH3 is 1. The Hall–Kier alpha value is -1.69. The van der Waals surface area contributed by atoms with Crippen LogP contribution in [0, 0.1) is 0 Å². The molecular weight excluding hydrogens is 256 g/mol. The summed E-state index contributed by atoms with van der Waals surface area (Å²) in [6, 6.07) is 3.43. The van der Waals surface area contributed by atoms with Crippen LogP contribution in [0.3, 0.4) is 0 Å². The van der Waals surface area contributed by atoms with Crippen molar-refractivity contribution in [3.8, 4) is 0 Å². The Bertz CT molecular complexity index is 463. The first-order chi connectivity index (χ1) is 9.48. The predicted octanol–water partition coefficient (Wildman–Crippen LogP) is 1.23. The Morgan fingerprint density at radius 2 is 2.10 bits per heavy atom. The molecule has 0 spiro atoms. The van der Waals surface area contributed by atoms with E-state index >= 15 is 0 Å². The summed E-state index contributed by atoms with van der Waals surface area (Å²) in [7, 11) is 5.46. The van der Waals surface area contributed by atoms with Crippen molar-refractivity contribution in [2.24, 2.45) is 0 Å². The normalized spacial score (nSPS) is 18.0. The number of anilines is 1. The minimum absolute atomic E-state index is 0.0379. The summed E-state index contributed by atoms with van der Waals surface area (Å²) in [6.45, 7) is 1.97. The van der Waals surface area contributed by atoms with Gasteiger partial charge in [-0.2, -0.15) is 0 Å². The molecule has 1 aromatic heterocycles. The van der Waals surface area contributed by atoms with E-state index in [9.17, 15) is 4.79 Å². The van der Waals surface area contributed by atoms with Gasteiger partial charge in [0.05, 0.1) is 11.6 Å². The van der Waals surface area contributed by atoms with Crippen LogP contribution in [-0.4, -0.2) is 49.0 Å². The van der Waals surface area contributed by atoms with Crippen LogP contribution in [0.15, 0.2) is 12.1 Å². The lowest BCUT2D eigenvalue weighted by atomic mass is 9.75. The number of rotatable bonds is 5. The molecule has 1 heterocycles. The van der Waals surface area contributed by atoms with Gasteiger partial charge in [0.25, 0.3) is 5.91 Å². The molecule has 1 unspecified atom stereocenters. The van der Waals surface area contributed by atoms with E-state index in [0.29, 0.717) is 5.69 Å². The third-order valence-electron chi connectivity index (χ3n) is 4.08. The second kappa shape index (κ2) is 5.75. The number of carbonyl (C=O) groups is 1. The molecule has 0 radical (unpaired) electrons. The van der Waals surface area contributed by atoms with Crippen molar-refractivity contribution in [1.82, 2.24) is 15.5 Å². The van der Waals surface area contributed by atoms with Crippen molar-refractivity contribution < 1.29 is 9.53 Å². The summed E-state index contributed by atoms with van der Waals surface area (Å²) >= 11 is 0. The molecule has 0 aromatic carbocycles. The second-order valence-electron chi connectivity index (χ2n) is 5.49. The lowest BCUT2D eigenvalue weighted by molar-refractivity contribution is -0.0919. The average Bonchev–Trinajstić information content (AvgIpc) is 2.38. The van der Waals surface area contributed by atoms with Crippen LogP contribution in [0.5, 0.6) is 0 Å². The largest absolute Gasteiger partial charge is 0.376 e. The van der Waals surface area contributed by atoms with Crippen LogP contribution < -0.4 is 10.2 Å². The Balaban J connectivity index is 2.01. The van der Waals surface area contributed by atoms with Crippen molar-refractivity contribution in [2.45, 2.75) is 37.8 Å². The van der Waals surface area contributed by atoms with Crippen LogP contribution >= 0.6 is 0 Å². The molecule has 0 saturated heterocycles. The average molecular weight is 278 g/mol. The molecule has 1 atom stereocenters. The summed E-state index contributed by atoms with van der Waals surface area (Å²) in [5.74, 6) is 0.514. The lowest BCUT2D eigenvalue weighted by Crippen LogP contribution is -2.56. The summed E-state index contributed by atoms with van der Waals surface area (Å²) in [5, 5.41) is 10.9. The Labute approximate surface area is 119 Å². The van der Waals surface area contributed by atoms with Gasteiger partial charge in [0.1, 0.15) is 0 Å². The SMILES string of the molecule is COC1(C(C)NC(=O)c2ccc(N(C)C)nn2)CCC1. The summed E-state index contributed by atoms with van der Waals surface area (Å²) in [6.07, 6.45) is 3.11. The van der Waals surface area contributed by atoms with Gasteiger partial charge in [0.15, 0.2) is 11.5 Å². The maximum atomic E-state index is 12.2. The van der Waals surface area contributed by atoms with Crippen LogP contribution in [0.1, 0.15) is 36.7 Å². The molecule has 20 heavy (non-hydrogen) atoms. The first kappa shape index (κ1) is 14.7. The molecule has 110 valence electrons. The number of ether oxygens (including phenoxy) is 1. The van der Waals surface area contributed by atoms with Crippen LogP contribution in [0.2, 0.25) is 0 Å². The molecule has 0 bridgehead atoms. The summed E-state index contributed by atoms with van der Waals surface area (Å²) in [5.41, 5.74) is 0.111. The van der Waals surface area contributed by atoms with Crippen molar-refractivity contribution in [1.29, 1.82) is 0 Å². The number of amides is 1. The first-order valence-corrected chi connectivity index (χ1v) is 6.85. The van der Waals surface area contributed by atoms with Crippen LogP contribution in [-0.2, 0) is 4.74 Å². The van der Waals surface area contributed by atoms with Gasteiger partial charge in [-0.1, -0.05) is 0 Å². The zero-order valence-electron chi connectivity index (χ0n) is 12.5. The molecule has 1 amide bonds. The zero-order chi connectivity index (χ0) is 14.8. The van der Waals surface area contributed by atoms with E-state index in [1.165, 1.54) is 0 Å². The molecule has 2 rings (SSSR count). The van der Waals surface area contributed by atoms with E-state index in [0.717, 1.165) is 25.1 Å². The smallest absolute Gasteiger partial charge is 0.272 e. The van der Waals surface area contributed by atoms with E-state index in [4.69, 9.17) is 4.74 Å². The van der Waals surface area contributed by atoms with Gasteiger partial charge < -0.3 is 15.0 Å². The quantitative estimate of drug-likeness (QED) is 0.877. The second-order valence-corrected chi connectivity index (χ2v) is 5.49. The highest BCUT2D eigenvalue weighted by atomic mass is 16.5. The third kappa shape index (κ3) is 2.75. The molecule has 1 aromatic rings. The van der Waals surface area contributed by atoms with Gasteiger partial charge in [-0.3, -0.25) is 4.79 Å². The van der Waals surface area contributed by atoms with Gasteiger partial charge >= 0.3 is 0 Å². The highest BCUT2D eigenvalue weighted by Crippen LogP contribution is 2.37. The molecule has 6 heteroatoms. The van der Waals surface area contributed by atoms with Gasteiger partial charge in [-0.15, -0.1) is 10.2 Å². The minimum Gasteiger partial charge on any atom is -0.376 e. The fourth-order valence-corrected chi connectivity index (χ4v) is 2.43. The standard InChI is InChI=1S/C14H22N4O2/c1-10(14(20-4)8-5-9-14)15-13(19)11-6-7-12(17-16-11)18(2)3/h6-7,10H,5,8-9H2,1-4H3,(H,15,19). The highest BCUT2D eigenvalue weighted by Gasteiger charge is 2.43. The fraction of sp³-hybridized carbons (Fsp3) is 0.643. The van der Waals surface area contributed by atoms with E-state index in [2.05, 4.69) is 15.5 Å². The number of nitrogens with one attached hydrogen (secondary N) is 1. The Kier molecular flexibility index (Phi) is 4.23. The molecule has 1 saturated carbocycles. The van der Waals surface area contributed by atoms with Gasteiger partial charge in [-0.25, -0.2) is 0 Å². The van der Waals surface area contributed by atoms with Gasteiger partial charge in [-0.05, 0) is 38.3 Å². The van der Waals surface area contributed by atoms with Gasteiger partial charge in [0, 0.05) is 21.2 Å². The molecule has 0 aliphatic heterocycles. The maximum Gasteiger partial charge on any atom is 0.272 e. The van der Waals surface area contributed by atoms with E-state index < -0.39 is 0 Å². The zero-order valence-corrected chi connectivity index (χ0v) is 12.5. The molecule has 1 aliphatic carbocycles. The summed E-state index contributed by atoms with van der Waals surface area (Å²) in [4.78, 5) is 14.0. The number of carbonyl (C=O) groups excluding carboxylic acids is 1. The van der Waals surface area contributed by atoms with Crippen molar-refractivity contribution in [3.05, 3.63) is 17.8 Å². The van der Waals surface area contributed by atoms with Crippen molar-refractivity contribution >= 4 is 11.7 Å². The highest BCUT2D eigenvalue weighted by molar-refractivity contribution is 5.92. The molecule has 6 nitrogen and oxygen atoms in total. The number of hydrogen-bond acceptors (Lipinski definition) is 5.